The Labute approximate surface area is 367 Å². The van der Waals surface area contributed by atoms with E-state index >= 15 is 0 Å². The zero-order valence-electron chi connectivity index (χ0n) is 38.6. The number of carbonyl (C=O) groups excluding carboxylic acids is 1. The van der Waals surface area contributed by atoms with Gasteiger partial charge in [-0.15, -0.1) is 6.54 Å². The second kappa shape index (κ2) is 47.3. The van der Waals surface area contributed by atoms with E-state index in [9.17, 15) is 4.79 Å². The van der Waals surface area contributed by atoms with Crippen molar-refractivity contribution in [2.75, 3.05) is 32.8 Å². The first kappa shape index (κ1) is 57.8. The van der Waals surface area contributed by atoms with E-state index in [1.165, 1.54) is 205 Å². The van der Waals surface area contributed by atoms with Crippen molar-refractivity contribution in [2.45, 2.75) is 259 Å². The molecule has 0 aliphatic carbocycles. The fourth-order valence-corrected chi connectivity index (χ4v) is 8.06. The molecule has 0 saturated carbocycles. The standard InChI is InChI=1S/C51H100NO3.Mo/c1-7-12-16-20-24-26-30-34-40-49(39-32-28-22-18-14-9-3)46-54-48(6)38-36-44-52(11-5)45-37-43-51(53)55-47-50(41-33-29-23-19-15-10-4)42-35-31-27-25-21-17-13-8-2;/h49-50H,5-47H2,1-4H3;/q-1;. The summed E-state index contributed by atoms with van der Waals surface area (Å²) in [5.41, 5.74) is 0. The minimum atomic E-state index is -0.0165. The van der Waals surface area contributed by atoms with Gasteiger partial charge in [0.2, 0.25) is 0 Å². The van der Waals surface area contributed by atoms with Crippen molar-refractivity contribution in [1.82, 2.24) is 4.90 Å². The number of hydrogen-bond acceptors (Lipinski definition) is 4. The molecule has 2 unspecified atom stereocenters. The number of ether oxygens (including phenoxy) is 2. The quantitative estimate of drug-likeness (QED) is 0.0201. The number of nitrogens with zero attached hydrogens (tertiary/aromatic N) is 1. The van der Waals surface area contributed by atoms with Gasteiger partial charge in [0.15, 0.2) is 0 Å². The van der Waals surface area contributed by atoms with E-state index in [0.717, 1.165) is 51.3 Å². The molecule has 4 nitrogen and oxygen atoms in total. The van der Waals surface area contributed by atoms with Crippen molar-refractivity contribution in [3.05, 3.63) is 19.3 Å². The van der Waals surface area contributed by atoms with E-state index in [-0.39, 0.29) is 27.0 Å². The van der Waals surface area contributed by atoms with E-state index < -0.39 is 0 Å². The van der Waals surface area contributed by atoms with Crippen LogP contribution in [-0.4, -0.2) is 43.7 Å². The molecule has 0 amide bonds. The summed E-state index contributed by atoms with van der Waals surface area (Å²) in [7, 11) is 0. The van der Waals surface area contributed by atoms with E-state index in [0.29, 0.717) is 24.9 Å². The van der Waals surface area contributed by atoms with Crippen molar-refractivity contribution in [3.63, 3.8) is 0 Å². The van der Waals surface area contributed by atoms with Crippen LogP contribution in [0.1, 0.15) is 259 Å². The molecule has 0 rings (SSSR count). The van der Waals surface area contributed by atoms with Gasteiger partial charge in [0.05, 0.1) is 19.0 Å². The summed E-state index contributed by atoms with van der Waals surface area (Å²) in [4.78, 5) is 15.2. The predicted molar refractivity (Wildman–Crippen MR) is 244 cm³/mol. The monoisotopic (exact) mass is 873 g/mol. The zero-order chi connectivity index (χ0) is 40.3. The number of carbonyl (C=O) groups is 1. The minimum Gasteiger partial charge on any atom is -0.498 e. The van der Waals surface area contributed by atoms with Gasteiger partial charge in [0.1, 0.15) is 0 Å². The van der Waals surface area contributed by atoms with Crippen LogP contribution in [0.4, 0.5) is 0 Å². The molecule has 334 valence electrons. The Hall–Kier alpha value is -0.342. The second-order valence-corrected chi connectivity index (χ2v) is 17.5. The van der Waals surface area contributed by atoms with Crippen LogP contribution in [0.3, 0.4) is 0 Å². The molecule has 0 aromatic carbocycles. The maximum atomic E-state index is 12.8. The Morgan fingerprint density at radius 1 is 0.464 bits per heavy atom. The van der Waals surface area contributed by atoms with E-state index in [1.54, 1.807) is 0 Å². The van der Waals surface area contributed by atoms with E-state index in [1.807, 2.05) is 0 Å². The van der Waals surface area contributed by atoms with Crippen LogP contribution in [0.25, 0.3) is 0 Å². The van der Waals surface area contributed by atoms with Crippen molar-refractivity contribution in [1.29, 1.82) is 0 Å². The van der Waals surface area contributed by atoms with E-state index in [4.69, 9.17) is 9.47 Å². The average Bonchev–Trinajstić information content (AvgIpc) is 3.19. The SMILES string of the molecule is C=C(CCCN(C[CH2-])CCCC(=O)OCC(CCCCCCCC)CCCCCCCCCC)OCC(CCCCCCCC)CCCCCCCCCC.[Mo]. The normalized spacial score (nSPS) is 12.5. The summed E-state index contributed by atoms with van der Waals surface area (Å²) in [6.07, 6.45) is 46.3. The summed E-state index contributed by atoms with van der Waals surface area (Å²) in [6, 6.07) is 0. The zero-order valence-corrected chi connectivity index (χ0v) is 40.6. The first-order valence-electron chi connectivity index (χ1n) is 25.0. The Bertz CT molecular complexity index is 729. The van der Waals surface area contributed by atoms with Crippen LogP contribution in [0.2, 0.25) is 0 Å². The summed E-state index contributed by atoms with van der Waals surface area (Å²) in [5, 5.41) is 0. The fourth-order valence-electron chi connectivity index (χ4n) is 8.06. The Balaban J connectivity index is 0. The molecular weight excluding hydrogens is 771 g/mol. The van der Waals surface area contributed by atoms with Gasteiger partial charge in [-0.3, -0.25) is 4.79 Å². The van der Waals surface area contributed by atoms with E-state index in [2.05, 4.69) is 46.1 Å². The number of rotatable bonds is 46. The Morgan fingerprint density at radius 2 is 0.768 bits per heavy atom. The van der Waals surface area contributed by atoms with Crippen molar-refractivity contribution >= 4 is 5.97 Å². The molecule has 0 N–H and O–H groups in total. The Morgan fingerprint density at radius 3 is 1.11 bits per heavy atom. The first-order chi connectivity index (χ1) is 27.0. The topological polar surface area (TPSA) is 38.8 Å². The van der Waals surface area contributed by atoms with Gasteiger partial charge < -0.3 is 21.3 Å². The molecule has 0 bridgehead atoms. The summed E-state index contributed by atoms with van der Waals surface area (Å²) in [6.45, 7) is 21.7. The van der Waals surface area contributed by atoms with Crippen LogP contribution in [-0.2, 0) is 35.3 Å². The molecule has 0 aliphatic heterocycles. The van der Waals surface area contributed by atoms with Crippen LogP contribution in [0.15, 0.2) is 12.3 Å². The molecule has 0 heterocycles. The van der Waals surface area contributed by atoms with Crippen molar-refractivity contribution in [3.8, 4) is 0 Å². The van der Waals surface area contributed by atoms with Gasteiger partial charge in [-0.25, -0.2) is 0 Å². The van der Waals surface area contributed by atoms with Crippen LogP contribution >= 0.6 is 0 Å². The molecule has 0 aromatic rings. The molecule has 5 heteroatoms. The molecule has 0 aromatic heterocycles. The third-order valence-electron chi connectivity index (χ3n) is 12.0. The molecule has 0 spiro atoms. The van der Waals surface area contributed by atoms with Gasteiger partial charge >= 0.3 is 5.97 Å². The van der Waals surface area contributed by atoms with Gasteiger partial charge in [-0.2, -0.15) is 0 Å². The largest absolute Gasteiger partial charge is 0.498 e. The third kappa shape index (κ3) is 41.8. The number of hydrogen-bond donors (Lipinski definition) is 0. The summed E-state index contributed by atoms with van der Waals surface area (Å²) >= 11 is 0. The second-order valence-electron chi connectivity index (χ2n) is 17.5. The van der Waals surface area contributed by atoms with Gasteiger partial charge in [-0.1, -0.05) is 214 Å². The van der Waals surface area contributed by atoms with Gasteiger partial charge in [-0.05, 0) is 63.5 Å². The summed E-state index contributed by atoms with van der Waals surface area (Å²) < 4.78 is 12.2. The van der Waals surface area contributed by atoms with Crippen LogP contribution in [0.5, 0.6) is 0 Å². The first-order valence-corrected chi connectivity index (χ1v) is 25.0. The number of allylic oxidation sites excluding steroid dienone is 1. The number of unbranched alkanes of at least 4 members (excludes halogenated alkanes) is 24. The van der Waals surface area contributed by atoms with Crippen molar-refractivity contribution in [2.24, 2.45) is 11.8 Å². The predicted octanol–water partition coefficient (Wildman–Crippen LogP) is 16.5. The smallest absolute Gasteiger partial charge is 0.305 e. The summed E-state index contributed by atoms with van der Waals surface area (Å²) in [5.74, 6) is 2.11. The average molecular weight is 871 g/mol. The fraction of sp³-hybridized carbons (Fsp3) is 0.922. The number of esters is 1. The molecule has 0 radical (unpaired) electrons. The molecule has 56 heavy (non-hydrogen) atoms. The van der Waals surface area contributed by atoms with Gasteiger partial charge in [0.25, 0.3) is 0 Å². The molecular formula is C51H100MoNO3-. The van der Waals surface area contributed by atoms with Crippen LogP contribution in [0, 0.1) is 18.8 Å². The molecule has 0 fully saturated rings. The van der Waals surface area contributed by atoms with Crippen LogP contribution < -0.4 is 0 Å². The molecule has 2 atom stereocenters. The Kier molecular flexibility index (Phi) is 48.8. The molecule has 0 saturated heterocycles. The third-order valence-corrected chi connectivity index (χ3v) is 12.0. The minimum absolute atomic E-state index is 0. The maximum Gasteiger partial charge on any atom is 0.305 e. The van der Waals surface area contributed by atoms with Crippen molar-refractivity contribution < 1.29 is 35.3 Å². The molecule has 0 aliphatic rings. The maximum absolute atomic E-state index is 12.8. The van der Waals surface area contributed by atoms with Gasteiger partial charge in [0, 0.05) is 33.9 Å².